The van der Waals surface area contributed by atoms with E-state index in [1.807, 2.05) is 0 Å². The highest BCUT2D eigenvalue weighted by Crippen LogP contribution is 2.53. The molecule has 19 heavy (non-hydrogen) atoms. The van der Waals surface area contributed by atoms with E-state index < -0.39 is 17.4 Å². The largest absolute Gasteiger partial charge is 0.480 e. The summed E-state index contributed by atoms with van der Waals surface area (Å²) in [4.78, 5) is 23.0. The Labute approximate surface area is 120 Å². The van der Waals surface area contributed by atoms with Crippen LogP contribution in [0.1, 0.15) is 25.3 Å². The molecule has 1 atom stereocenters. The molecule has 0 saturated heterocycles. The van der Waals surface area contributed by atoms with Crippen molar-refractivity contribution in [3.63, 3.8) is 0 Å². The van der Waals surface area contributed by atoms with Crippen LogP contribution in [0.5, 0.6) is 0 Å². The number of nitrogens with one attached hydrogen (secondary N) is 1. The quantitative estimate of drug-likeness (QED) is 0.898. The maximum atomic E-state index is 12.3. The van der Waals surface area contributed by atoms with Crippen LogP contribution in [0.2, 0.25) is 10.0 Å². The lowest BCUT2D eigenvalue weighted by Crippen LogP contribution is -2.44. The average molecular weight is 302 g/mol. The summed E-state index contributed by atoms with van der Waals surface area (Å²) in [6, 6.07) is 4.13. The van der Waals surface area contributed by atoms with Crippen LogP contribution >= 0.6 is 23.2 Å². The van der Waals surface area contributed by atoms with Crippen molar-refractivity contribution in [2.24, 2.45) is 0 Å². The number of carbonyl (C=O) groups excluding carboxylic acids is 1. The fourth-order valence-corrected chi connectivity index (χ4v) is 2.83. The van der Waals surface area contributed by atoms with Crippen molar-refractivity contribution >= 4 is 35.1 Å². The van der Waals surface area contributed by atoms with Crippen LogP contribution in [0, 0.1) is 0 Å². The zero-order valence-electron chi connectivity index (χ0n) is 10.2. The number of halogens is 2. The van der Waals surface area contributed by atoms with E-state index in [4.69, 9.17) is 28.3 Å². The zero-order chi connectivity index (χ0) is 14.2. The van der Waals surface area contributed by atoms with E-state index in [0.29, 0.717) is 28.5 Å². The lowest BCUT2D eigenvalue weighted by Gasteiger charge is -2.20. The highest BCUT2D eigenvalue weighted by atomic mass is 35.5. The van der Waals surface area contributed by atoms with Crippen LogP contribution in [-0.2, 0) is 15.0 Å². The van der Waals surface area contributed by atoms with E-state index in [9.17, 15) is 9.59 Å². The van der Waals surface area contributed by atoms with Crippen LogP contribution in [0.4, 0.5) is 0 Å². The molecule has 6 heteroatoms. The molecule has 0 radical (unpaired) electrons. The Balaban J connectivity index is 2.29. The summed E-state index contributed by atoms with van der Waals surface area (Å²) in [5.41, 5.74) is -0.188. The van der Waals surface area contributed by atoms with E-state index in [1.165, 1.54) is 6.92 Å². The molecule has 1 aliphatic rings. The lowest BCUT2D eigenvalue weighted by molar-refractivity contribution is -0.141. The Morgan fingerprint density at radius 3 is 2.26 bits per heavy atom. The molecule has 1 saturated carbocycles. The highest BCUT2D eigenvalue weighted by molar-refractivity contribution is 6.36. The molecule has 102 valence electrons. The first-order chi connectivity index (χ1) is 8.88. The van der Waals surface area contributed by atoms with Crippen LogP contribution in [0.3, 0.4) is 0 Å². The first-order valence-corrected chi connectivity index (χ1v) is 6.62. The monoisotopic (exact) mass is 301 g/mol. The molecule has 1 unspecified atom stereocenters. The number of rotatable bonds is 4. The second-order valence-electron chi connectivity index (χ2n) is 4.71. The summed E-state index contributed by atoms with van der Waals surface area (Å²) in [5, 5.41) is 12.2. The standard InChI is InChI=1S/C13H13Cl2NO3/c1-7(11(17)18)16-12(19)13(5-6-13)10-8(14)3-2-4-9(10)15/h2-4,7H,5-6H2,1H3,(H,16,19)(H,17,18). The van der Waals surface area contributed by atoms with Crippen molar-refractivity contribution in [2.75, 3.05) is 0 Å². The molecule has 0 heterocycles. The predicted octanol–water partition coefficient (Wildman–Crippen LogP) is 2.61. The summed E-state index contributed by atoms with van der Waals surface area (Å²) in [6.07, 6.45) is 1.24. The number of amides is 1. The van der Waals surface area contributed by atoms with E-state index >= 15 is 0 Å². The SMILES string of the molecule is CC(NC(=O)C1(c2c(Cl)cccc2Cl)CC1)C(=O)O. The van der Waals surface area contributed by atoms with Gasteiger partial charge in [0.05, 0.1) is 5.41 Å². The molecule has 2 N–H and O–H groups in total. The molecule has 0 aliphatic heterocycles. The number of hydrogen-bond donors (Lipinski definition) is 2. The molecular weight excluding hydrogens is 289 g/mol. The molecule has 1 amide bonds. The number of aliphatic carboxylic acids is 1. The fourth-order valence-electron chi connectivity index (χ4n) is 2.07. The van der Waals surface area contributed by atoms with Gasteiger partial charge < -0.3 is 10.4 Å². The van der Waals surface area contributed by atoms with Gasteiger partial charge in [-0.2, -0.15) is 0 Å². The van der Waals surface area contributed by atoms with E-state index in [1.54, 1.807) is 18.2 Å². The second kappa shape index (κ2) is 5.02. The zero-order valence-corrected chi connectivity index (χ0v) is 11.8. The summed E-state index contributed by atoms with van der Waals surface area (Å²) in [7, 11) is 0. The molecule has 0 aromatic heterocycles. The van der Waals surface area contributed by atoms with E-state index in [2.05, 4.69) is 5.32 Å². The van der Waals surface area contributed by atoms with Crippen molar-refractivity contribution in [3.8, 4) is 0 Å². The van der Waals surface area contributed by atoms with Crippen LogP contribution in [0.15, 0.2) is 18.2 Å². The molecule has 1 aliphatic carbocycles. The maximum absolute atomic E-state index is 12.3. The minimum atomic E-state index is -1.07. The van der Waals surface area contributed by atoms with Crippen LogP contribution in [-0.4, -0.2) is 23.0 Å². The van der Waals surface area contributed by atoms with E-state index in [-0.39, 0.29) is 5.91 Å². The van der Waals surface area contributed by atoms with Crippen molar-refractivity contribution in [1.82, 2.24) is 5.32 Å². The Morgan fingerprint density at radius 2 is 1.84 bits per heavy atom. The van der Waals surface area contributed by atoms with Gasteiger partial charge in [-0.15, -0.1) is 0 Å². The van der Waals surface area contributed by atoms with Gasteiger partial charge in [0, 0.05) is 15.6 Å². The first-order valence-electron chi connectivity index (χ1n) is 5.87. The third-order valence-corrected chi connectivity index (χ3v) is 3.97. The Bertz CT molecular complexity index is 520. The van der Waals surface area contributed by atoms with Gasteiger partial charge in [-0.3, -0.25) is 9.59 Å². The van der Waals surface area contributed by atoms with Gasteiger partial charge in [0.1, 0.15) is 6.04 Å². The third-order valence-electron chi connectivity index (χ3n) is 3.34. The average Bonchev–Trinajstić information content (AvgIpc) is 3.10. The molecule has 0 bridgehead atoms. The molecular formula is C13H13Cl2NO3. The molecule has 0 spiro atoms. The fraction of sp³-hybridized carbons (Fsp3) is 0.385. The van der Waals surface area contributed by atoms with Crippen molar-refractivity contribution in [3.05, 3.63) is 33.8 Å². The topological polar surface area (TPSA) is 66.4 Å². The van der Waals surface area contributed by atoms with Gasteiger partial charge >= 0.3 is 5.97 Å². The van der Waals surface area contributed by atoms with Gasteiger partial charge in [-0.25, -0.2) is 0 Å². The maximum Gasteiger partial charge on any atom is 0.325 e. The Kier molecular flexibility index (Phi) is 3.74. The highest BCUT2D eigenvalue weighted by Gasteiger charge is 2.53. The summed E-state index contributed by atoms with van der Waals surface area (Å²) >= 11 is 12.2. The summed E-state index contributed by atoms with van der Waals surface area (Å²) in [6.45, 7) is 1.42. The second-order valence-corrected chi connectivity index (χ2v) is 5.53. The number of hydrogen-bond acceptors (Lipinski definition) is 2. The van der Waals surface area contributed by atoms with Crippen molar-refractivity contribution < 1.29 is 14.7 Å². The molecule has 1 aromatic carbocycles. The molecule has 2 rings (SSSR count). The van der Waals surface area contributed by atoms with E-state index in [0.717, 1.165) is 0 Å². The molecule has 1 fully saturated rings. The van der Waals surface area contributed by atoms with Gasteiger partial charge in [-0.1, -0.05) is 29.3 Å². The normalized spacial score (nSPS) is 17.6. The van der Waals surface area contributed by atoms with Gasteiger partial charge in [-0.05, 0) is 31.9 Å². The minimum absolute atomic E-state index is 0.336. The van der Waals surface area contributed by atoms with Gasteiger partial charge in [0.2, 0.25) is 5.91 Å². The molecule has 4 nitrogen and oxygen atoms in total. The van der Waals surface area contributed by atoms with Gasteiger partial charge in [0.15, 0.2) is 0 Å². The van der Waals surface area contributed by atoms with Crippen molar-refractivity contribution in [2.45, 2.75) is 31.2 Å². The smallest absolute Gasteiger partial charge is 0.325 e. The lowest BCUT2D eigenvalue weighted by atomic mass is 9.94. The number of carbonyl (C=O) groups is 2. The van der Waals surface area contributed by atoms with Crippen molar-refractivity contribution in [1.29, 1.82) is 0 Å². The molecule has 1 aromatic rings. The Morgan fingerprint density at radius 1 is 1.32 bits per heavy atom. The summed E-state index contributed by atoms with van der Waals surface area (Å²) < 4.78 is 0. The first kappa shape index (κ1) is 14.2. The Hall–Kier alpha value is -1.26. The minimum Gasteiger partial charge on any atom is -0.480 e. The third kappa shape index (κ3) is 2.55. The van der Waals surface area contributed by atoms with Crippen LogP contribution < -0.4 is 5.32 Å². The van der Waals surface area contributed by atoms with Gasteiger partial charge in [0.25, 0.3) is 0 Å². The number of benzene rings is 1. The summed E-state index contributed by atoms with van der Waals surface area (Å²) in [5.74, 6) is -1.41. The number of carboxylic acids is 1. The number of carboxylic acid groups (broad SMARTS) is 1. The van der Waals surface area contributed by atoms with Crippen LogP contribution in [0.25, 0.3) is 0 Å². The predicted molar refractivity (Wildman–Crippen MR) is 72.6 cm³/mol.